The molecule has 3 heteroatoms. The largest absolute Gasteiger partial charge is 0.353 e. The molecule has 0 aromatic carbocycles. The standard InChI is InChI=1S/C21H36O3/c1-8-23-18(4)24-20(5,6)13-9-11-16(2)17(3)21(7)14-10-12-19(22)15-21/h16-18H,8,10-12,14-15H2,1-7H3/t16-,17-,18?,21+/m1/s1. The van der Waals surface area contributed by atoms with E-state index in [2.05, 4.69) is 32.6 Å². The summed E-state index contributed by atoms with van der Waals surface area (Å²) in [5, 5.41) is 0. The summed E-state index contributed by atoms with van der Waals surface area (Å²) < 4.78 is 11.3. The first kappa shape index (κ1) is 21.2. The van der Waals surface area contributed by atoms with Crippen LogP contribution >= 0.6 is 0 Å². The summed E-state index contributed by atoms with van der Waals surface area (Å²) in [6.45, 7) is 15.3. The van der Waals surface area contributed by atoms with Gasteiger partial charge in [-0.3, -0.25) is 4.79 Å². The van der Waals surface area contributed by atoms with Crippen LogP contribution in [0.4, 0.5) is 0 Å². The van der Waals surface area contributed by atoms with Gasteiger partial charge in [-0.2, -0.15) is 0 Å². The molecule has 0 heterocycles. The molecule has 1 rings (SSSR count). The Balaban J connectivity index is 2.58. The third-order valence-corrected chi connectivity index (χ3v) is 5.43. The number of rotatable bonds is 7. The highest BCUT2D eigenvalue weighted by Crippen LogP contribution is 2.44. The van der Waals surface area contributed by atoms with Gasteiger partial charge in [-0.05, 0) is 57.8 Å². The number of ketones is 1. The molecule has 0 spiro atoms. The van der Waals surface area contributed by atoms with Gasteiger partial charge in [0.1, 0.15) is 11.4 Å². The highest BCUT2D eigenvalue weighted by molar-refractivity contribution is 5.79. The first-order valence-electron chi connectivity index (χ1n) is 9.41. The Kier molecular flexibility index (Phi) is 7.96. The van der Waals surface area contributed by atoms with E-state index in [1.807, 2.05) is 27.7 Å². The normalized spacial score (nSPS) is 25.5. The molecule has 138 valence electrons. The summed E-state index contributed by atoms with van der Waals surface area (Å²) in [4.78, 5) is 11.9. The lowest BCUT2D eigenvalue weighted by atomic mass is 9.63. The minimum absolute atomic E-state index is 0.131. The van der Waals surface area contributed by atoms with Crippen molar-refractivity contribution in [3.05, 3.63) is 0 Å². The molecule has 0 aromatic heterocycles. The summed E-state index contributed by atoms with van der Waals surface area (Å²) in [6.07, 6.45) is 4.27. The number of Topliss-reactive ketones (excluding diaryl/α,β-unsaturated/α-hetero) is 1. The second kappa shape index (κ2) is 9.02. The third-order valence-electron chi connectivity index (χ3n) is 5.43. The van der Waals surface area contributed by atoms with Crippen molar-refractivity contribution < 1.29 is 14.3 Å². The number of carbonyl (C=O) groups excluding carboxylic acids is 1. The quantitative estimate of drug-likeness (QED) is 0.486. The summed E-state index contributed by atoms with van der Waals surface area (Å²) >= 11 is 0. The second-order valence-electron chi connectivity index (χ2n) is 8.15. The minimum atomic E-state index is -0.512. The Morgan fingerprint density at radius 1 is 1.29 bits per heavy atom. The molecule has 0 amide bonds. The van der Waals surface area contributed by atoms with Crippen LogP contribution in [0.2, 0.25) is 0 Å². The van der Waals surface area contributed by atoms with Crippen LogP contribution in [0.1, 0.15) is 80.6 Å². The Morgan fingerprint density at radius 3 is 2.54 bits per heavy atom. The van der Waals surface area contributed by atoms with Crippen molar-refractivity contribution in [2.75, 3.05) is 6.61 Å². The maximum Gasteiger partial charge on any atom is 0.156 e. The molecule has 1 aliphatic rings. The van der Waals surface area contributed by atoms with Gasteiger partial charge in [0.05, 0.1) is 0 Å². The molecule has 0 aliphatic heterocycles. The molecule has 3 nitrogen and oxygen atoms in total. The molecule has 0 N–H and O–H groups in total. The van der Waals surface area contributed by atoms with Crippen molar-refractivity contribution in [3.8, 4) is 11.8 Å². The van der Waals surface area contributed by atoms with Gasteiger partial charge in [-0.1, -0.05) is 32.6 Å². The smallest absolute Gasteiger partial charge is 0.156 e. The Hall–Kier alpha value is -0.850. The van der Waals surface area contributed by atoms with Crippen molar-refractivity contribution in [2.24, 2.45) is 17.3 Å². The molecule has 24 heavy (non-hydrogen) atoms. The average Bonchev–Trinajstić information content (AvgIpc) is 2.45. The van der Waals surface area contributed by atoms with E-state index < -0.39 is 5.60 Å². The van der Waals surface area contributed by atoms with Crippen LogP contribution in [0.3, 0.4) is 0 Å². The van der Waals surface area contributed by atoms with E-state index in [-0.39, 0.29) is 11.7 Å². The molecule has 1 aliphatic carbocycles. The zero-order valence-corrected chi connectivity index (χ0v) is 16.7. The molecular formula is C21H36O3. The SMILES string of the molecule is CCOC(C)OC(C)(C)C#CC[C@@H](C)[C@@H](C)[C@@]1(C)CCCC(=O)C1. The Bertz CT molecular complexity index is 471. The fraction of sp³-hybridized carbons (Fsp3) is 0.857. The number of hydrogen-bond donors (Lipinski definition) is 0. The predicted molar refractivity (Wildman–Crippen MR) is 98.6 cm³/mol. The molecule has 1 saturated carbocycles. The molecular weight excluding hydrogens is 300 g/mol. The Labute approximate surface area is 148 Å². The topological polar surface area (TPSA) is 35.5 Å². The van der Waals surface area contributed by atoms with Gasteiger partial charge in [0.15, 0.2) is 6.29 Å². The van der Waals surface area contributed by atoms with Crippen LogP contribution < -0.4 is 0 Å². The molecule has 4 atom stereocenters. The summed E-state index contributed by atoms with van der Waals surface area (Å²) in [6, 6.07) is 0. The zero-order chi connectivity index (χ0) is 18.4. The predicted octanol–water partition coefficient (Wildman–Crippen LogP) is 4.98. The van der Waals surface area contributed by atoms with E-state index in [1.165, 1.54) is 0 Å². The molecule has 1 unspecified atom stereocenters. The van der Waals surface area contributed by atoms with Crippen molar-refractivity contribution in [1.29, 1.82) is 0 Å². The van der Waals surface area contributed by atoms with Gasteiger partial charge in [0.2, 0.25) is 0 Å². The van der Waals surface area contributed by atoms with Crippen LogP contribution in [0.25, 0.3) is 0 Å². The van der Waals surface area contributed by atoms with E-state index in [4.69, 9.17) is 9.47 Å². The van der Waals surface area contributed by atoms with Crippen molar-refractivity contribution in [1.82, 2.24) is 0 Å². The fourth-order valence-corrected chi connectivity index (χ4v) is 3.71. The van der Waals surface area contributed by atoms with Crippen LogP contribution in [0, 0.1) is 29.1 Å². The maximum atomic E-state index is 11.9. The van der Waals surface area contributed by atoms with E-state index >= 15 is 0 Å². The first-order chi connectivity index (χ1) is 11.1. The lowest BCUT2D eigenvalue weighted by molar-refractivity contribution is -0.169. The van der Waals surface area contributed by atoms with Gasteiger partial charge in [-0.15, -0.1) is 0 Å². The summed E-state index contributed by atoms with van der Waals surface area (Å²) in [5.41, 5.74) is -0.381. The van der Waals surface area contributed by atoms with Crippen LogP contribution in [-0.2, 0) is 14.3 Å². The average molecular weight is 337 g/mol. The van der Waals surface area contributed by atoms with Crippen LogP contribution in [0.5, 0.6) is 0 Å². The fourth-order valence-electron chi connectivity index (χ4n) is 3.71. The summed E-state index contributed by atoms with van der Waals surface area (Å²) in [7, 11) is 0. The molecule has 0 bridgehead atoms. The highest BCUT2D eigenvalue weighted by atomic mass is 16.7. The zero-order valence-electron chi connectivity index (χ0n) is 16.7. The minimum Gasteiger partial charge on any atom is -0.353 e. The van der Waals surface area contributed by atoms with Crippen molar-refractivity contribution >= 4 is 5.78 Å². The van der Waals surface area contributed by atoms with Crippen molar-refractivity contribution in [3.63, 3.8) is 0 Å². The van der Waals surface area contributed by atoms with Gasteiger partial charge in [-0.25, -0.2) is 0 Å². The van der Waals surface area contributed by atoms with E-state index in [0.29, 0.717) is 24.2 Å². The first-order valence-corrected chi connectivity index (χ1v) is 9.41. The highest BCUT2D eigenvalue weighted by Gasteiger charge is 2.38. The molecule has 0 saturated heterocycles. The monoisotopic (exact) mass is 336 g/mol. The number of hydrogen-bond acceptors (Lipinski definition) is 3. The van der Waals surface area contributed by atoms with Gasteiger partial charge in [0, 0.05) is 25.9 Å². The third kappa shape index (κ3) is 6.57. The Morgan fingerprint density at radius 2 is 1.96 bits per heavy atom. The number of ether oxygens (including phenoxy) is 2. The van der Waals surface area contributed by atoms with Crippen LogP contribution in [0.15, 0.2) is 0 Å². The molecule has 0 radical (unpaired) electrons. The van der Waals surface area contributed by atoms with Crippen LogP contribution in [-0.4, -0.2) is 24.3 Å². The van der Waals surface area contributed by atoms with Gasteiger partial charge in [0.25, 0.3) is 0 Å². The van der Waals surface area contributed by atoms with E-state index in [9.17, 15) is 4.79 Å². The summed E-state index contributed by atoms with van der Waals surface area (Å²) in [5.74, 6) is 7.92. The number of carbonyl (C=O) groups is 1. The van der Waals surface area contributed by atoms with Gasteiger partial charge < -0.3 is 9.47 Å². The lowest BCUT2D eigenvalue weighted by Gasteiger charge is -2.41. The second-order valence-corrected chi connectivity index (χ2v) is 8.15. The maximum absolute atomic E-state index is 11.9. The lowest BCUT2D eigenvalue weighted by Crippen LogP contribution is -2.35. The van der Waals surface area contributed by atoms with Crippen molar-refractivity contribution in [2.45, 2.75) is 92.5 Å². The molecule has 1 fully saturated rings. The van der Waals surface area contributed by atoms with E-state index in [1.54, 1.807) is 0 Å². The molecule has 0 aromatic rings. The van der Waals surface area contributed by atoms with Gasteiger partial charge >= 0.3 is 0 Å². The van der Waals surface area contributed by atoms with E-state index in [0.717, 1.165) is 32.1 Å².